The Bertz CT molecular complexity index is 576. The van der Waals surface area contributed by atoms with Crippen LogP contribution in [0.25, 0.3) is 11.0 Å². The third-order valence-corrected chi connectivity index (χ3v) is 3.17. The smallest absolute Gasteiger partial charge is 0.267 e. The number of halogens is 1. The number of hydrogen-bond donors (Lipinski definition) is 2. The first-order chi connectivity index (χ1) is 8.24. The van der Waals surface area contributed by atoms with Crippen LogP contribution in [0.1, 0.15) is 23.3 Å². The van der Waals surface area contributed by atoms with Crippen LogP contribution in [0, 0.1) is 5.92 Å². The van der Waals surface area contributed by atoms with Crippen molar-refractivity contribution in [1.82, 2.24) is 20.3 Å². The van der Waals surface area contributed by atoms with Crippen LogP contribution in [0.2, 0.25) is 5.15 Å². The standard InChI is InChI=1S/C11H11ClN4O/c12-9-7-3-8(16-10(7)15-5-14-9)11(17)13-4-6-1-2-6/h3,5-6H,1-2,4H2,(H,13,17)(H,14,15,16). The highest BCUT2D eigenvalue weighted by molar-refractivity contribution is 6.34. The van der Waals surface area contributed by atoms with Crippen molar-refractivity contribution in [3.8, 4) is 0 Å². The topological polar surface area (TPSA) is 70.7 Å². The van der Waals surface area contributed by atoms with Crippen molar-refractivity contribution < 1.29 is 4.79 Å². The number of aromatic nitrogens is 3. The molecule has 1 fully saturated rings. The highest BCUT2D eigenvalue weighted by atomic mass is 35.5. The molecule has 0 spiro atoms. The van der Waals surface area contributed by atoms with E-state index < -0.39 is 0 Å². The quantitative estimate of drug-likeness (QED) is 0.816. The first kappa shape index (κ1) is 10.5. The lowest BCUT2D eigenvalue weighted by Gasteiger charge is -2.00. The fourth-order valence-corrected chi connectivity index (χ4v) is 1.87. The Morgan fingerprint density at radius 2 is 2.35 bits per heavy atom. The zero-order chi connectivity index (χ0) is 11.8. The molecule has 0 unspecified atom stereocenters. The molecule has 88 valence electrons. The third-order valence-electron chi connectivity index (χ3n) is 2.87. The molecule has 6 heteroatoms. The molecule has 1 amide bonds. The number of fused-ring (bicyclic) bond motifs is 1. The lowest BCUT2D eigenvalue weighted by atomic mass is 10.3. The van der Waals surface area contributed by atoms with E-state index in [9.17, 15) is 4.79 Å². The summed E-state index contributed by atoms with van der Waals surface area (Å²) in [6.07, 6.45) is 3.79. The second-order valence-corrected chi connectivity index (χ2v) is 4.62. The molecule has 0 saturated heterocycles. The fraction of sp³-hybridized carbons (Fsp3) is 0.364. The van der Waals surface area contributed by atoms with E-state index in [0.29, 0.717) is 27.8 Å². The van der Waals surface area contributed by atoms with Crippen LogP contribution < -0.4 is 5.32 Å². The van der Waals surface area contributed by atoms with Gasteiger partial charge in [0.1, 0.15) is 22.8 Å². The number of carbonyl (C=O) groups excluding carboxylic acids is 1. The maximum atomic E-state index is 11.8. The van der Waals surface area contributed by atoms with E-state index in [1.54, 1.807) is 6.07 Å². The van der Waals surface area contributed by atoms with E-state index >= 15 is 0 Å². The van der Waals surface area contributed by atoms with Crippen molar-refractivity contribution in [2.24, 2.45) is 5.92 Å². The van der Waals surface area contributed by atoms with Crippen LogP contribution >= 0.6 is 11.6 Å². The molecule has 2 aromatic rings. The van der Waals surface area contributed by atoms with Gasteiger partial charge in [0.2, 0.25) is 0 Å². The average Bonchev–Trinajstić information content (AvgIpc) is 3.04. The number of amides is 1. The number of nitrogens with one attached hydrogen (secondary N) is 2. The number of H-pyrrole nitrogens is 1. The van der Waals surface area contributed by atoms with E-state index in [0.717, 1.165) is 6.54 Å². The minimum atomic E-state index is -0.119. The summed E-state index contributed by atoms with van der Waals surface area (Å²) in [5.74, 6) is 0.540. The molecule has 0 atom stereocenters. The molecule has 0 radical (unpaired) electrons. The maximum absolute atomic E-state index is 11.8. The van der Waals surface area contributed by atoms with Gasteiger partial charge in [0.15, 0.2) is 0 Å². The molecular formula is C11H11ClN4O. The van der Waals surface area contributed by atoms with E-state index in [2.05, 4.69) is 20.3 Å². The number of carbonyl (C=O) groups is 1. The Morgan fingerprint density at radius 3 is 3.06 bits per heavy atom. The number of aromatic amines is 1. The number of hydrogen-bond acceptors (Lipinski definition) is 3. The SMILES string of the molecule is O=C(NCC1CC1)c1cc2c(Cl)ncnc2[nH]1. The van der Waals surface area contributed by atoms with Crippen LogP contribution in [0.15, 0.2) is 12.4 Å². The van der Waals surface area contributed by atoms with Gasteiger partial charge in [-0.05, 0) is 24.8 Å². The predicted molar refractivity (Wildman–Crippen MR) is 64.0 cm³/mol. The van der Waals surface area contributed by atoms with E-state index in [1.807, 2.05) is 0 Å². The Balaban J connectivity index is 1.84. The molecule has 1 aliphatic carbocycles. The lowest BCUT2D eigenvalue weighted by molar-refractivity contribution is 0.0947. The normalized spacial score (nSPS) is 15.1. The van der Waals surface area contributed by atoms with Gasteiger partial charge in [-0.25, -0.2) is 9.97 Å². The Kier molecular flexibility index (Phi) is 2.48. The summed E-state index contributed by atoms with van der Waals surface area (Å²) in [6.45, 7) is 0.744. The fourth-order valence-electron chi connectivity index (χ4n) is 1.69. The van der Waals surface area contributed by atoms with Crippen LogP contribution in [0.5, 0.6) is 0 Å². The highest BCUT2D eigenvalue weighted by Gasteiger charge is 2.22. The van der Waals surface area contributed by atoms with Crippen molar-refractivity contribution in [3.63, 3.8) is 0 Å². The predicted octanol–water partition coefficient (Wildman–Crippen LogP) is 1.75. The molecule has 1 aliphatic rings. The molecule has 0 bridgehead atoms. The monoisotopic (exact) mass is 250 g/mol. The van der Waals surface area contributed by atoms with E-state index in [-0.39, 0.29) is 5.91 Å². The molecule has 0 aliphatic heterocycles. The van der Waals surface area contributed by atoms with Gasteiger partial charge in [-0.2, -0.15) is 0 Å². The van der Waals surface area contributed by atoms with Gasteiger partial charge >= 0.3 is 0 Å². The van der Waals surface area contributed by atoms with Gasteiger partial charge in [-0.1, -0.05) is 11.6 Å². The summed E-state index contributed by atoms with van der Waals surface area (Å²) in [7, 11) is 0. The molecule has 1 saturated carbocycles. The number of rotatable bonds is 3. The van der Waals surface area contributed by atoms with Crippen molar-refractivity contribution in [2.75, 3.05) is 6.54 Å². The van der Waals surface area contributed by atoms with Gasteiger partial charge < -0.3 is 10.3 Å². The molecule has 0 aromatic carbocycles. The zero-order valence-electron chi connectivity index (χ0n) is 9.03. The van der Waals surface area contributed by atoms with Gasteiger partial charge in [-0.3, -0.25) is 4.79 Å². The molecule has 3 rings (SSSR count). The molecule has 2 N–H and O–H groups in total. The van der Waals surface area contributed by atoms with E-state index in [1.165, 1.54) is 19.2 Å². The van der Waals surface area contributed by atoms with Crippen LogP contribution in [0.4, 0.5) is 0 Å². The third kappa shape index (κ3) is 2.10. The van der Waals surface area contributed by atoms with Gasteiger partial charge in [-0.15, -0.1) is 0 Å². The first-order valence-electron chi connectivity index (χ1n) is 5.51. The van der Waals surface area contributed by atoms with Gasteiger partial charge in [0.25, 0.3) is 5.91 Å². The largest absolute Gasteiger partial charge is 0.350 e. The highest BCUT2D eigenvalue weighted by Crippen LogP contribution is 2.27. The molecule has 2 aromatic heterocycles. The molecule has 2 heterocycles. The second-order valence-electron chi connectivity index (χ2n) is 4.26. The van der Waals surface area contributed by atoms with Crippen LogP contribution in [-0.4, -0.2) is 27.4 Å². The summed E-state index contributed by atoms with van der Waals surface area (Å²) in [5.41, 5.74) is 1.06. The van der Waals surface area contributed by atoms with Crippen molar-refractivity contribution >= 4 is 28.5 Å². The van der Waals surface area contributed by atoms with E-state index in [4.69, 9.17) is 11.6 Å². The maximum Gasteiger partial charge on any atom is 0.267 e. The molecule has 17 heavy (non-hydrogen) atoms. The summed E-state index contributed by atoms with van der Waals surface area (Å²) in [4.78, 5) is 22.6. The summed E-state index contributed by atoms with van der Waals surface area (Å²) >= 11 is 5.91. The van der Waals surface area contributed by atoms with Crippen molar-refractivity contribution in [1.29, 1.82) is 0 Å². The average molecular weight is 251 g/mol. The van der Waals surface area contributed by atoms with Crippen LogP contribution in [0.3, 0.4) is 0 Å². The molecular weight excluding hydrogens is 240 g/mol. The summed E-state index contributed by atoms with van der Waals surface area (Å²) in [5, 5.41) is 3.91. The van der Waals surface area contributed by atoms with Crippen molar-refractivity contribution in [3.05, 3.63) is 23.2 Å². The van der Waals surface area contributed by atoms with Crippen molar-refractivity contribution in [2.45, 2.75) is 12.8 Å². The second kappa shape index (κ2) is 4.00. The Morgan fingerprint density at radius 1 is 1.53 bits per heavy atom. The number of nitrogens with zero attached hydrogens (tertiary/aromatic N) is 2. The van der Waals surface area contributed by atoms with Gasteiger partial charge in [0, 0.05) is 6.54 Å². The van der Waals surface area contributed by atoms with Crippen LogP contribution in [-0.2, 0) is 0 Å². The molecule has 5 nitrogen and oxygen atoms in total. The lowest BCUT2D eigenvalue weighted by Crippen LogP contribution is -2.25. The summed E-state index contributed by atoms with van der Waals surface area (Å²) < 4.78 is 0. The van der Waals surface area contributed by atoms with Gasteiger partial charge in [0.05, 0.1) is 5.39 Å². The Hall–Kier alpha value is -1.62. The Labute approximate surface area is 103 Å². The zero-order valence-corrected chi connectivity index (χ0v) is 9.79. The minimum Gasteiger partial charge on any atom is -0.350 e. The first-order valence-corrected chi connectivity index (χ1v) is 5.89. The minimum absolute atomic E-state index is 0.119. The summed E-state index contributed by atoms with van der Waals surface area (Å²) in [6, 6.07) is 1.68.